The van der Waals surface area contributed by atoms with Gasteiger partial charge in [0.05, 0.1) is 0 Å². The number of amides is 2. The lowest BCUT2D eigenvalue weighted by atomic mass is 10.1. The molecule has 0 heterocycles. The molecule has 1 rings (SSSR count). The summed E-state index contributed by atoms with van der Waals surface area (Å²) in [5.41, 5.74) is 7.09. The Morgan fingerprint density at radius 1 is 1.32 bits per heavy atom. The zero-order valence-corrected chi connectivity index (χ0v) is 11.5. The maximum atomic E-state index is 11.7. The summed E-state index contributed by atoms with van der Waals surface area (Å²) in [6.45, 7) is 5.48. The number of nitrogens with one attached hydrogen (secondary N) is 1. The number of carbonyl (C=O) groups is 2. The number of rotatable bonds is 6. The number of ether oxygens (including phenoxy) is 1. The third-order valence-electron chi connectivity index (χ3n) is 2.84. The van der Waals surface area contributed by atoms with Crippen molar-refractivity contribution in [3.8, 4) is 5.75 Å². The average Bonchev–Trinajstić information content (AvgIpc) is 2.35. The number of para-hydroxylation sites is 1. The zero-order valence-electron chi connectivity index (χ0n) is 11.5. The first kappa shape index (κ1) is 15.0. The van der Waals surface area contributed by atoms with Crippen LogP contribution in [0.2, 0.25) is 0 Å². The van der Waals surface area contributed by atoms with Crippen LogP contribution in [0.4, 0.5) is 0 Å². The SMILES string of the molecule is CCC(NC(=O)COc1c(C)cccc1C)C(N)=O. The molecule has 0 radical (unpaired) electrons. The molecule has 5 heteroatoms. The van der Waals surface area contributed by atoms with Crippen LogP contribution in [0.1, 0.15) is 24.5 Å². The predicted octanol–water partition coefficient (Wildman–Crippen LogP) is 1.06. The van der Waals surface area contributed by atoms with Crippen molar-refractivity contribution >= 4 is 11.8 Å². The highest BCUT2D eigenvalue weighted by Crippen LogP contribution is 2.21. The van der Waals surface area contributed by atoms with Gasteiger partial charge in [-0.3, -0.25) is 9.59 Å². The van der Waals surface area contributed by atoms with Crippen LogP contribution < -0.4 is 15.8 Å². The van der Waals surface area contributed by atoms with E-state index < -0.39 is 11.9 Å². The smallest absolute Gasteiger partial charge is 0.258 e. The average molecular weight is 264 g/mol. The van der Waals surface area contributed by atoms with E-state index >= 15 is 0 Å². The number of aryl methyl sites for hydroxylation is 2. The van der Waals surface area contributed by atoms with Gasteiger partial charge in [0, 0.05) is 0 Å². The molecule has 0 spiro atoms. The predicted molar refractivity (Wildman–Crippen MR) is 72.8 cm³/mol. The quantitative estimate of drug-likeness (QED) is 0.806. The minimum absolute atomic E-state index is 0.129. The summed E-state index contributed by atoms with van der Waals surface area (Å²) in [4.78, 5) is 22.7. The van der Waals surface area contributed by atoms with Crippen LogP contribution in [-0.2, 0) is 9.59 Å². The number of hydrogen-bond acceptors (Lipinski definition) is 3. The molecule has 1 atom stereocenters. The molecule has 1 aromatic carbocycles. The molecule has 0 saturated carbocycles. The van der Waals surface area contributed by atoms with E-state index in [2.05, 4.69) is 5.32 Å². The second-order valence-corrected chi connectivity index (χ2v) is 4.44. The van der Waals surface area contributed by atoms with Crippen LogP contribution >= 0.6 is 0 Å². The first-order chi connectivity index (χ1) is 8.95. The fourth-order valence-electron chi connectivity index (χ4n) is 1.77. The lowest BCUT2D eigenvalue weighted by molar-refractivity contribution is -0.128. The lowest BCUT2D eigenvalue weighted by Gasteiger charge is -2.15. The third kappa shape index (κ3) is 4.28. The van der Waals surface area contributed by atoms with Crippen LogP contribution in [0.3, 0.4) is 0 Å². The normalized spacial score (nSPS) is 11.7. The Hall–Kier alpha value is -2.04. The number of hydrogen-bond donors (Lipinski definition) is 2. The van der Waals surface area contributed by atoms with Crippen LogP contribution in [0, 0.1) is 13.8 Å². The maximum absolute atomic E-state index is 11.7. The van der Waals surface area contributed by atoms with Crippen molar-refractivity contribution in [2.45, 2.75) is 33.2 Å². The van der Waals surface area contributed by atoms with Crippen LogP contribution in [0.15, 0.2) is 18.2 Å². The van der Waals surface area contributed by atoms with Gasteiger partial charge in [-0.15, -0.1) is 0 Å². The summed E-state index contributed by atoms with van der Waals surface area (Å²) in [6, 6.07) is 5.11. The summed E-state index contributed by atoms with van der Waals surface area (Å²) >= 11 is 0. The summed E-state index contributed by atoms with van der Waals surface area (Å²) in [6.07, 6.45) is 0.463. The minimum atomic E-state index is -0.644. The molecule has 1 aromatic rings. The standard InChI is InChI=1S/C14H20N2O3/c1-4-11(14(15)18)16-12(17)8-19-13-9(2)6-5-7-10(13)3/h5-7,11H,4,8H2,1-3H3,(H2,15,18)(H,16,17). The van der Waals surface area contributed by atoms with Crippen molar-refractivity contribution in [1.82, 2.24) is 5.32 Å². The molecule has 0 fully saturated rings. The van der Waals surface area contributed by atoms with Crippen LogP contribution in [-0.4, -0.2) is 24.5 Å². The number of carbonyl (C=O) groups excluding carboxylic acids is 2. The first-order valence-corrected chi connectivity index (χ1v) is 6.23. The van der Waals surface area contributed by atoms with Gasteiger partial charge in [-0.1, -0.05) is 25.1 Å². The largest absolute Gasteiger partial charge is 0.483 e. The van der Waals surface area contributed by atoms with Gasteiger partial charge in [-0.25, -0.2) is 0 Å². The molecule has 0 aromatic heterocycles. The number of benzene rings is 1. The first-order valence-electron chi connectivity index (χ1n) is 6.23. The van der Waals surface area contributed by atoms with Crippen molar-refractivity contribution in [3.63, 3.8) is 0 Å². The molecule has 5 nitrogen and oxygen atoms in total. The second kappa shape index (κ2) is 6.78. The Bertz CT molecular complexity index is 452. The van der Waals surface area contributed by atoms with E-state index in [-0.39, 0.29) is 12.5 Å². The van der Waals surface area contributed by atoms with E-state index in [0.717, 1.165) is 11.1 Å². The van der Waals surface area contributed by atoms with Crippen molar-refractivity contribution in [1.29, 1.82) is 0 Å². The molecule has 0 bridgehead atoms. The fourth-order valence-corrected chi connectivity index (χ4v) is 1.77. The molecular weight excluding hydrogens is 244 g/mol. The Morgan fingerprint density at radius 3 is 2.37 bits per heavy atom. The molecule has 0 aliphatic rings. The van der Waals surface area contributed by atoms with E-state index in [1.54, 1.807) is 6.92 Å². The Morgan fingerprint density at radius 2 is 1.89 bits per heavy atom. The van der Waals surface area contributed by atoms with Crippen molar-refractivity contribution in [3.05, 3.63) is 29.3 Å². The Balaban J connectivity index is 2.57. The van der Waals surface area contributed by atoms with Crippen molar-refractivity contribution < 1.29 is 14.3 Å². The van der Waals surface area contributed by atoms with E-state index in [0.29, 0.717) is 12.2 Å². The number of primary amides is 1. The molecule has 0 aliphatic heterocycles. The summed E-state index contributed by atoms with van der Waals surface area (Å²) in [7, 11) is 0. The van der Waals surface area contributed by atoms with Crippen LogP contribution in [0.5, 0.6) is 5.75 Å². The fraction of sp³-hybridized carbons (Fsp3) is 0.429. The highest BCUT2D eigenvalue weighted by atomic mass is 16.5. The molecule has 104 valence electrons. The maximum Gasteiger partial charge on any atom is 0.258 e. The zero-order chi connectivity index (χ0) is 14.4. The summed E-state index contributed by atoms with van der Waals surface area (Å²) < 4.78 is 5.49. The topological polar surface area (TPSA) is 81.4 Å². The van der Waals surface area contributed by atoms with Gasteiger partial charge in [0.25, 0.3) is 5.91 Å². The molecule has 19 heavy (non-hydrogen) atoms. The van der Waals surface area contributed by atoms with E-state index in [1.165, 1.54) is 0 Å². The van der Waals surface area contributed by atoms with E-state index in [4.69, 9.17) is 10.5 Å². The van der Waals surface area contributed by atoms with Gasteiger partial charge in [-0.05, 0) is 31.4 Å². The van der Waals surface area contributed by atoms with Crippen molar-refractivity contribution in [2.75, 3.05) is 6.61 Å². The van der Waals surface area contributed by atoms with E-state index in [9.17, 15) is 9.59 Å². The minimum Gasteiger partial charge on any atom is -0.483 e. The summed E-state index contributed by atoms with van der Waals surface area (Å²) in [5, 5.41) is 2.54. The Labute approximate surface area is 113 Å². The van der Waals surface area contributed by atoms with Gasteiger partial charge >= 0.3 is 0 Å². The lowest BCUT2D eigenvalue weighted by Crippen LogP contribution is -2.45. The highest BCUT2D eigenvalue weighted by Gasteiger charge is 2.16. The Kier molecular flexibility index (Phi) is 5.36. The summed E-state index contributed by atoms with van der Waals surface area (Å²) in [5.74, 6) is -0.194. The highest BCUT2D eigenvalue weighted by molar-refractivity contribution is 5.87. The molecule has 1 unspecified atom stereocenters. The molecule has 0 saturated heterocycles. The van der Waals surface area contributed by atoms with Gasteiger partial charge in [0.15, 0.2) is 6.61 Å². The number of nitrogens with two attached hydrogens (primary N) is 1. The molecule has 3 N–H and O–H groups in total. The van der Waals surface area contributed by atoms with Gasteiger partial charge in [0.2, 0.25) is 5.91 Å². The van der Waals surface area contributed by atoms with E-state index in [1.807, 2.05) is 32.0 Å². The molecular formula is C14H20N2O3. The van der Waals surface area contributed by atoms with Crippen molar-refractivity contribution in [2.24, 2.45) is 5.73 Å². The second-order valence-electron chi connectivity index (χ2n) is 4.44. The third-order valence-corrected chi connectivity index (χ3v) is 2.84. The molecule has 0 aliphatic carbocycles. The monoisotopic (exact) mass is 264 g/mol. The molecule has 2 amide bonds. The van der Waals surface area contributed by atoms with Gasteiger partial charge < -0.3 is 15.8 Å². The van der Waals surface area contributed by atoms with Gasteiger partial charge in [0.1, 0.15) is 11.8 Å². The van der Waals surface area contributed by atoms with Crippen LogP contribution in [0.25, 0.3) is 0 Å². The van der Waals surface area contributed by atoms with Gasteiger partial charge in [-0.2, -0.15) is 0 Å².